The molecule has 0 unspecified atom stereocenters. The zero-order valence-electron chi connectivity index (χ0n) is 15.5. The monoisotopic (exact) mass is 418 g/mol. The maximum atomic E-state index is 12.9. The standard InChI is InChI=1S/C22H15ClN4O3/c23-14-8-9-19-18(12-14)21(10-11-24-19)26-20-7-2-1-6-17(20)22(28)25-15-4-3-5-16(13-15)27(29)30/h1-13H,(H,24,26)(H,25,28). The molecule has 0 aliphatic heterocycles. The van der Waals surface area contributed by atoms with Gasteiger partial charge in [0.25, 0.3) is 11.6 Å². The van der Waals surface area contributed by atoms with Gasteiger partial charge in [0.05, 0.1) is 21.7 Å². The van der Waals surface area contributed by atoms with Crippen LogP contribution in [0, 0.1) is 10.1 Å². The minimum atomic E-state index is -0.509. The molecule has 3 aromatic carbocycles. The van der Waals surface area contributed by atoms with E-state index in [-0.39, 0.29) is 5.69 Å². The number of hydrogen-bond acceptors (Lipinski definition) is 5. The Kier molecular flexibility index (Phi) is 5.28. The molecule has 30 heavy (non-hydrogen) atoms. The van der Waals surface area contributed by atoms with Gasteiger partial charge >= 0.3 is 0 Å². The second-order valence-corrected chi connectivity index (χ2v) is 6.89. The lowest BCUT2D eigenvalue weighted by Crippen LogP contribution is -2.14. The van der Waals surface area contributed by atoms with E-state index in [9.17, 15) is 14.9 Å². The van der Waals surface area contributed by atoms with Crippen LogP contribution in [0.25, 0.3) is 10.9 Å². The Morgan fingerprint density at radius 2 is 1.80 bits per heavy atom. The molecule has 148 valence electrons. The summed E-state index contributed by atoms with van der Waals surface area (Å²) in [6, 6.07) is 20.0. The quantitative estimate of drug-likeness (QED) is 0.315. The molecule has 4 aromatic rings. The van der Waals surface area contributed by atoms with Crippen molar-refractivity contribution >= 4 is 51.2 Å². The molecule has 1 amide bonds. The van der Waals surface area contributed by atoms with E-state index < -0.39 is 10.8 Å². The minimum Gasteiger partial charge on any atom is -0.354 e. The number of anilines is 3. The summed E-state index contributed by atoms with van der Waals surface area (Å²) < 4.78 is 0. The fourth-order valence-electron chi connectivity index (χ4n) is 3.06. The summed E-state index contributed by atoms with van der Waals surface area (Å²) in [4.78, 5) is 27.7. The minimum absolute atomic E-state index is 0.0978. The van der Waals surface area contributed by atoms with Crippen molar-refractivity contribution in [2.45, 2.75) is 0 Å². The van der Waals surface area contributed by atoms with Crippen LogP contribution >= 0.6 is 11.6 Å². The number of nitro groups is 1. The first-order chi connectivity index (χ1) is 14.5. The van der Waals surface area contributed by atoms with Crippen molar-refractivity contribution in [2.75, 3.05) is 10.6 Å². The molecule has 0 atom stereocenters. The van der Waals surface area contributed by atoms with Crippen molar-refractivity contribution in [2.24, 2.45) is 0 Å². The number of non-ortho nitro benzene ring substituents is 1. The number of carbonyl (C=O) groups excluding carboxylic acids is 1. The van der Waals surface area contributed by atoms with Crippen LogP contribution in [0.4, 0.5) is 22.7 Å². The Morgan fingerprint density at radius 3 is 2.63 bits per heavy atom. The molecule has 0 aliphatic carbocycles. The molecule has 0 bridgehead atoms. The van der Waals surface area contributed by atoms with Crippen molar-refractivity contribution in [1.29, 1.82) is 0 Å². The highest BCUT2D eigenvalue weighted by molar-refractivity contribution is 6.31. The van der Waals surface area contributed by atoms with Gasteiger partial charge in [0.1, 0.15) is 0 Å². The molecule has 8 heteroatoms. The predicted molar refractivity (Wildman–Crippen MR) is 118 cm³/mol. The Bertz CT molecular complexity index is 1280. The summed E-state index contributed by atoms with van der Waals surface area (Å²) in [7, 11) is 0. The largest absolute Gasteiger partial charge is 0.354 e. The third-order valence-corrected chi connectivity index (χ3v) is 4.69. The summed E-state index contributed by atoms with van der Waals surface area (Å²) in [5.74, 6) is -0.394. The highest BCUT2D eigenvalue weighted by atomic mass is 35.5. The molecule has 0 saturated carbocycles. The summed E-state index contributed by atoms with van der Waals surface area (Å²) in [5, 5.41) is 18.3. The van der Waals surface area contributed by atoms with E-state index in [0.717, 1.165) is 16.6 Å². The number of carbonyl (C=O) groups is 1. The second kappa shape index (κ2) is 8.18. The van der Waals surface area contributed by atoms with Gasteiger partial charge in [-0.05, 0) is 42.5 Å². The highest BCUT2D eigenvalue weighted by Gasteiger charge is 2.14. The number of hydrogen-bond donors (Lipinski definition) is 2. The molecule has 0 radical (unpaired) electrons. The predicted octanol–water partition coefficient (Wildman–Crippen LogP) is 5.79. The van der Waals surface area contributed by atoms with Crippen molar-refractivity contribution in [3.63, 3.8) is 0 Å². The number of aromatic nitrogens is 1. The van der Waals surface area contributed by atoms with Crippen LogP contribution in [-0.4, -0.2) is 15.8 Å². The van der Waals surface area contributed by atoms with Gasteiger partial charge in [-0.3, -0.25) is 19.9 Å². The second-order valence-electron chi connectivity index (χ2n) is 6.45. The number of benzene rings is 3. The zero-order chi connectivity index (χ0) is 21.1. The van der Waals surface area contributed by atoms with Gasteiger partial charge in [-0.15, -0.1) is 0 Å². The van der Waals surface area contributed by atoms with Crippen LogP contribution in [0.2, 0.25) is 5.02 Å². The van der Waals surface area contributed by atoms with Crippen molar-refractivity contribution in [3.8, 4) is 0 Å². The third-order valence-electron chi connectivity index (χ3n) is 4.46. The summed E-state index contributed by atoms with van der Waals surface area (Å²) in [6.45, 7) is 0. The number of para-hydroxylation sites is 1. The molecule has 0 fully saturated rings. The van der Waals surface area contributed by atoms with E-state index in [0.29, 0.717) is 22.0 Å². The molecular formula is C22H15ClN4O3. The first-order valence-corrected chi connectivity index (χ1v) is 9.35. The van der Waals surface area contributed by atoms with Gasteiger partial charge in [-0.25, -0.2) is 0 Å². The van der Waals surface area contributed by atoms with Crippen LogP contribution in [0.1, 0.15) is 10.4 Å². The summed E-state index contributed by atoms with van der Waals surface area (Å²) >= 11 is 6.13. The van der Waals surface area contributed by atoms with Crippen LogP contribution in [-0.2, 0) is 0 Å². The Hall–Kier alpha value is -3.97. The van der Waals surface area contributed by atoms with Crippen molar-refractivity contribution < 1.29 is 9.72 Å². The number of nitrogens with zero attached hydrogens (tertiary/aromatic N) is 2. The summed E-state index contributed by atoms with van der Waals surface area (Å²) in [6.07, 6.45) is 1.67. The molecule has 0 spiro atoms. The van der Waals surface area contributed by atoms with E-state index in [2.05, 4.69) is 15.6 Å². The fourth-order valence-corrected chi connectivity index (χ4v) is 3.23. The summed E-state index contributed by atoms with van der Waals surface area (Å²) in [5.41, 5.74) is 2.72. The molecule has 0 saturated heterocycles. The highest BCUT2D eigenvalue weighted by Crippen LogP contribution is 2.29. The molecule has 7 nitrogen and oxygen atoms in total. The number of fused-ring (bicyclic) bond motifs is 1. The van der Waals surface area contributed by atoms with Gasteiger partial charge in [-0.2, -0.15) is 0 Å². The number of amides is 1. The molecule has 1 heterocycles. The molecule has 4 rings (SSSR count). The normalized spacial score (nSPS) is 10.6. The average Bonchev–Trinajstić information content (AvgIpc) is 2.74. The van der Waals surface area contributed by atoms with Gasteiger partial charge < -0.3 is 10.6 Å². The van der Waals surface area contributed by atoms with Gasteiger partial charge in [0.15, 0.2) is 0 Å². The number of rotatable bonds is 5. The maximum Gasteiger partial charge on any atom is 0.271 e. The number of halogens is 1. The van der Waals surface area contributed by atoms with Crippen LogP contribution in [0.5, 0.6) is 0 Å². The van der Waals surface area contributed by atoms with Gasteiger partial charge in [0, 0.05) is 40.1 Å². The van der Waals surface area contributed by atoms with Crippen molar-refractivity contribution in [3.05, 3.63) is 99.7 Å². The Morgan fingerprint density at radius 1 is 0.967 bits per heavy atom. The van der Waals surface area contributed by atoms with E-state index in [1.165, 1.54) is 18.2 Å². The molecular weight excluding hydrogens is 404 g/mol. The average molecular weight is 419 g/mol. The third kappa shape index (κ3) is 4.06. The van der Waals surface area contributed by atoms with Crippen molar-refractivity contribution in [1.82, 2.24) is 4.98 Å². The smallest absolute Gasteiger partial charge is 0.271 e. The first-order valence-electron chi connectivity index (χ1n) is 8.97. The Balaban J connectivity index is 1.65. The van der Waals surface area contributed by atoms with Crippen LogP contribution in [0.3, 0.4) is 0 Å². The van der Waals surface area contributed by atoms with E-state index in [1.54, 1.807) is 48.7 Å². The lowest BCUT2D eigenvalue weighted by Gasteiger charge is -2.14. The lowest BCUT2D eigenvalue weighted by atomic mass is 10.1. The maximum absolute atomic E-state index is 12.9. The van der Waals surface area contributed by atoms with E-state index >= 15 is 0 Å². The topological polar surface area (TPSA) is 97.2 Å². The number of nitrogens with one attached hydrogen (secondary N) is 2. The lowest BCUT2D eigenvalue weighted by molar-refractivity contribution is -0.384. The number of nitro benzene ring substituents is 1. The van der Waals surface area contributed by atoms with E-state index in [1.807, 2.05) is 12.1 Å². The van der Waals surface area contributed by atoms with Crippen LogP contribution in [0.15, 0.2) is 79.0 Å². The molecule has 1 aromatic heterocycles. The number of pyridine rings is 1. The van der Waals surface area contributed by atoms with E-state index in [4.69, 9.17) is 11.6 Å². The first kappa shape index (κ1) is 19.4. The molecule has 0 aliphatic rings. The SMILES string of the molecule is O=C(Nc1cccc([N+](=O)[O-])c1)c1ccccc1Nc1ccnc2ccc(Cl)cc12. The zero-order valence-corrected chi connectivity index (χ0v) is 16.3. The van der Waals surface area contributed by atoms with Gasteiger partial charge in [0.2, 0.25) is 0 Å². The van der Waals surface area contributed by atoms with Gasteiger partial charge in [-0.1, -0.05) is 29.8 Å². The molecule has 2 N–H and O–H groups in total. The Labute approximate surface area is 176 Å². The fraction of sp³-hybridized carbons (Fsp3) is 0. The van der Waals surface area contributed by atoms with Crippen LogP contribution < -0.4 is 10.6 Å².